The van der Waals surface area contributed by atoms with Gasteiger partial charge in [0, 0.05) is 36.0 Å². The molecule has 1 aliphatic carbocycles. The summed E-state index contributed by atoms with van der Waals surface area (Å²) >= 11 is 0. The van der Waals surface area contributed by atoms with E-state index < -0.39 is 54.1 Å². The molecule has 3 saturated heterocycles. The highest BCUT2D eigenvalue weighted by atomic mass is 19.3. The summed E-state index contributed by atoms with van der Waals surface area (Å²) in [6, 6.07) is 5.88. The van der Waals surface area contributed by atoms with Gasteiger partial charge in [0.05, 0.1) is 23.1 Å². The third kappa shape index (κ3) is 4.03. The molecule has 184 valence electrons. The molecule has 35 heavy (non-hydrogen) atoms. The number of nitrogens with one attached hydrogen (secondary N) is 3. The summed E-state index contributed by atoms with van der Waals surface area (Å²) in [7, 11) is 0. The van der Waals surface area contributed by atoms with Crippen molar-refractivity contribution in [3.8, 4) is 6.07 Å². The lowest BCUT2D eigenvalue weighted by Gasteiger charge is -2.53. The van der Waals surface area contributed by atoms with E-state index in [1.165, 1.54) is 4.90 Å². The van der Waals surface area contributed by atoms with Crippen molar-refractivity contribution in [2.24, 2.45) is 11.8 Å². The van der Waals surface area contributed by atoms with Crippen LogP contribution in [0, 0.1) is 30.1 Å². The van der Waals surface area contributed by atoms with Gasteiger partial charge < -0.3 is 20.5 Å². The lowest BCUT2D eigenvalue weighted by Crippen LogP contribution is -2.68. The monoisotopic (exact) mass is 483 g/mol. The summed E-state index contributed by atoms with van der Waals surface area (Å²) in [5.41, 5.74) is 1.78. The minimum absolute atomic E-state index is 0.0975. The molecule has 4 fully saturated rings. The lowest BCUT2D eigenvalue weighted by molar-refractivity contribution is -0.179. The molecule has 3 amide bonds. The number of piperidine rings is 2. The second-order valence-corrected chi connectivity index (χ2v) is 9.88. The zero-order valence-electron chi connectivity index (χ0n) is 19.3. The predicted molar refractivity (Wildman–Crippen MR) is 122 cm³/mol. The number of hydrogen-bond donors (Lipinski definition) is 3. The van der Waals surface area contributed by atoms with Gasteiger partial charge in [-0.25, -0.2) is 8.78 Å². The second kappa shape index (κ2) is 8.63. The molecule has 2 aromatic rings. The van der Waals surface area contributed by atoms with Crippen LogP contribution in [0.4, 0.5) is 8.78 Å². The molecule has 0 unspecified atom stereocenters. The van der Waals surface area contributed by atoms with Crippen molar-refractivity contribution in [2.75, 3.05) is 6.54 Å². The van der Waals surface area contributed by atoms with Gasteiger partial charge in [-0.3, -0.25) is 14.4 Å². The summed E-state index contributed by atoms with van der Waals surface area (Å²) < 4.78 is 29.9. The summed E-state index contributed by atoms with van der Waals surface area (Å²) in [6.07, 6.45) is 0.660. The van der Waals surface area contributed by atoms with Crippen molar-refractivity contribution < 1.29 is 23.2 Å². The predicted octanol–water partition coefficient (Wildman–Crippen LogP) is 2.64. The molecule has 2 bridgehead atoms. The summed E-state index contributed by atoms with van der Waals surface area (Å²) in [4.78, 5) is 43.6. The smallest absolute Gasteiger partial charge is 0.256 e. The first-order valence-electron chi connectivity index (χ1n) is 12.0. The van der Waals surface area contributed by atoms with Crippen LogP contribution in [-0.2, 0) is 9.59 Å². The average molecular weight is 484 g/mol. The van der Waals surface area contributed by atoms with Gasteiger partial charge in [0.25, 0.3) is 11.8 Å². The highest BCUT2D eigenvalue weighted by molar-refractivity contribution is 6.07. The number of aryl methyl sites for hydroxylation is 1. The minimum Gasteiger partial charge on any atom is -0.358 e. The number of carbonyl (C=O) groups excluding carboxylic acids is 3. The number of hydrogen-bond acceptors (Lipinski definition) is 4. The van der Waals surface area contributed by atoms with Gasteiger partial charge in [-0.05, 0) is 44.7 Å². The third-order valence-corrected chi connectivity index (χ3v) is 7.62. The molecule has 8 nitrogen and oxygen atoms in total. The van der Waals surface area contributed by atoms with Gasteiger partial charge >= 0.3 is 0 Å². The zero-order chi connectivity index (χ0) is 24.9. The molecule has 5 atom stereocenters. The first-order valence-corrected chi connectivity index (χ1v) is 12.0. The number of carbonyl (C=O) groups is 3. The van der Waals surface area contributed by atoms with E-state index >= 15 is 0 Å². The number of amides is 3. The standard InChI is InChI=1S/C25H27F2N5O3/c1-13-9-14-3-2-4-18(20(14)30-13)24(35)32-17-5-6-19(25(26,27)11-17)21(32)23(34)31-16(12-28)10-15-7-8-29-22(15)33/h2-4,9,15-17,19,21,30H,5-8,10-11H2,1H3,(H,29,33)(H,31,34)/t15-,16-,17-,19-,21-/m0/s1. The number of aromatic amines is 1. The Morgan fingerprint density at radius 2 is 2.11 bits per heavy atom. The molecule has 0 spiro atoms. The average Bonchev–Trinajstić information content (AvgIpc) is 3.40. The van der Waals surface area contributed by atoms with Gasteiger partial charge in [0.2, 0.25) is 11.8 Å². The maximum atomic E-state index is 15.0. The van der Waals surface area contributed by atoms with Crippen LogP contribution in [0.2, 0.25) is 0 Å². The highest BCUT2D eigenvalue weighted by Crippen LogP contribution is 2.49. The largest absolute Gasteiger partial charge is 0.358 e. The van der Waals surface area contributed by atoms with Gasteiger partial charge in [0.1, 0.15) is 12.1 Å². The Morgan fingerprint density at radius 1 is 1.31 bits per heavy atom. The Morgan fingerprint density at radius 3 is 2.80 bits per heavy atom. The van der Waals surface area contributed by atoms with Crippen molar-refractivity contribution in [1.29, 1.82) is 5.26 Å². The number of rotatable bonds is 5. The van der Waals surface area contributed by atoms with Crippen LogP contribution in [-0.4, -0.2) is 58.2 Å². The quantitative estimate of drug-likeness (QED) is 0.606. The van der Waals surface area contributed by atoms with Crippen molar-refractivity contribution in [3.63, 3.8) is 0 Å². The fraction of sp³-hybridized carbons (Fsp3) is 0.520. The van der Waals surface area contributed by atoms with Crippen molar-refractivity contribution in [3.05, 3.63) is 35.5 Å². The van der Waals surface area contributed by atoms with E-state index in [1.54, 1.807) is 12.1 Å². The molecule has 1 aromatic carbocycles. The molecular weight excluding hydrogens is 456 g/mol. The Hall–Kier alpha value is -3.48. The van der Waals surface area contributed by atoms with Crippen LogP contribution < -0.4 is 10.6 Å². The fourth-order valence-electron chi connectivity index (χ4n) is 5.97. The van der Waals surface area contributed by atoms with E-state index in [0.717, 1.165) is 11.1 Å². The SMILES string of the molecule is Cc1cc2cccc(C(=O)N3[C@H]4CC[C@@H]([C@H]3C(=O)N[C@H](C#N)C[C@@H]3CCNC3=O)C(F)(F)C4)c2[nH]1. The maximum Gasteiger partial charge on any atom is 0.256 e. The number of benzene rings is 1. The van der Waals surface area contributed by atoms with Crippen LogP contribution in [0.1, 0.15) is 48.2 Å². The van der Waals surface area contributed by atoms with Gasteiger partial charge in [0.15, 0.2) is 0 Å². The van der Waals surface area contributed by atoms with Crippen LogP contribution in [0.25, 0.3) is 10.9 Å². The third-order valence-electron chi connectivity index (χ3n) is 7.62. The number of aromatic nitrogens is 1. The van der Waals surface area contributed by atoms with E-state index in [4.69, 9.17) is 0 Å². The number of alkyl halides is 2. The van der Waals surface area contributed by atoms with Gasteiger partial charge in [-0.2, -0.15) is 5.26 Å². The van der Waals surface area contributed by atoms with Crippen molar-refractivity contribution >= 4 is 28.6 Å². The molecule has 4 aliphatic rings. The Labute approximate surface area is 201 Å². The summed E-state index contributed by atoms with van der Waals surface area (Å²) in [6.45, 7) is 2.36. The molecule has 3 N–H and O–H groups in total. The van der Waals surface area contributed by atoms with E-state index in [2.05, 4.69) is 15.6 Å². The van der Waals surface area contributed by atoms with Crippen LogP contribution in [0.15, 0.2) is 24.3 Å². The van der Waals surface area contributed by atoms with E-state index in [0.29, 0.717) is 30.5 Å². The number of halogens is 2. The molecule has 3 aliphatic heterocycles. The van der Waals surface area contributed by atoms with E-state index in [-0.39, 0.29) is 18.7 Å². The lowest BCUT2D eigenvalue weighted by atomic mass is 9.71. The molecular formula is C25H27F2N5O3. The van der Waals surface area contributed by atoms with Gasteiger partial charge in [-0.1, -0.05) is 12.1 Å². The van der Waals surface area contributed by atoms with Crippen LogP contribution >= 0.6 is 0 Å². The number of H-pyrrole nitrogens is 1. The minimum atomic E-state index is -3.09. The molecule has 6 rings (SSSR count). The topological polar surface area (TPSA) is 118 Å². The Bertz CT molecular complexity index is 1240. The molecule has 0 radical (unpaired) electrons. The molecule has 4 heterocycles. The maximum absolute atomic E-state index is 15.0. The fourth-order valence-corrected chi connectivity index (χ4v) is 5.97. The van der Waals surface area contributed by atoms with Crippen molar-refractivity contribution in [1.82, 2.24) is 20.5 Å². The molecule has 10 heteroatoms. The second-order valence-electron chi connectivity index (χ2n) is 9.88. The number of nitrogens with zero attached hydrogens (tertiary/aromatic N) is 2. The van der Waals surface area contributed by atoms with Crippen LogP contribution in [0.5, 0.6) is 0 Å². The van der Waals surface area contributed by atoms with E-state index in [9.17, 15) is 28.4 Å². The van der Waals surface area contributed by atoms with Gasteiger partial charge in [-0.15, -0.1) is 0 Å². The highest BCUT2D eigenvalue weighted by Gasteiger charge is 2.60. The van der Waals surface area contributed by atoms with E-state index in [1.807, 2.05) is 25.1 Å². The molecule has 1 saturated carbocycles. The van der Waals surface area contributed by atoms with Crippen molar-refractivity contribution in [2.45, 2.75) is 63.1 Å². The zero-order valence-corrected chi connectivity index (χ0v) is 19.3. The number of fused-ring (bicyclic) bond motifs is 4. The number of para-hydroxylation sites is 1. The first kappa shape index (κ1) is 23.3. The Kier molecular flexibility index (Phi) is 5.74. The molecule has 1 aromatic heterocycles. The first-order chi connectivity index (χ1) is 16.7. The summed E-state index contributed by atoms with van der Waals surface area (Å²) in [5.74, 6) is -6.29. The van der Waals surface area contributed by atoms with Crippen LogP contribution in [0.3, 0.4) is 0 Å². The summed E-state index contributed by atoms with van der Waals surface area (Å²) in [5, 5.41) is 15.7. The normalized spacial score (nSPS) is 27.9. The number of nitriles is 1. The Balaban J connectivity index is 1.45.